The number of pyridine rings is 1. The lowest BCUT2D eigenvalue weighted by Gasteiger charge is -2.26. The van der Waals surface area contributed by atoms with Gasteiger partial charge in [-0.1, -0.05) is 30.3 Å². The van der Waals surface area contributed by atoms with E-state index >= 15 is 0 Å². The summed E-state index contributed by atoms with van der Waals surface area (Å²) in [4.78, 5) is 8.08. The number of aromatic nitrogens is 1. The maximum Gasteiger partial charge on any atom is 0.433 e. The van der Waals surface area contributed by atoms with Crippen LogP contribution in [-0.4, -0.2) is 36.1 Å². The van der Waals surface area contributed by atoms with Crippen LogP contribution in [0.25, 0.3) is 10.9 Å². The molecule has 0 radical (unpaired) electrons. The third-order valence-electron chi connectivity index (χ3n) is 5.23. The SMILES string of the molecule is Fc1ccc(CN2CCCN(c3cc(C(F)(F)F)nc4ccccc34)CC2)cc1. The van der Waals surface area contributed by atoms with Crippen LogP contribution >= 0.6 is 0 Å². The van der Waals surface area contributed by atoms with Crippen molar-refractivity contribution in [2.24, 2.45) is 0 Å². The molecular weight excluding hydrogens is 382 g/mol. The Labute approximate surface area is 166 Å². The summed E-state index contributed by atoms with van der Waals surface area (Å²) in [5, 5.41) is 0.729. The molecule has 0 spiro atoms. The van der Waals surface area contributed by atoms with E-state index in [1.54, 1.807) is 24.3 Å². The van der Waals surface area contributed by atoms with Crippen molar-refractivity contribution >= 4 is 16.6 Å². The maximum atomic E-state index is 13.4. The lowest BCUT2D eigenvalue weighted by molar-refractivity contribution is -0.140. The molecule has 152 valence electrons. The number of anilines is 1. The van der Waals surface area contributed by atoms with Crippen molar-refractivity contribution in [2.45, 2.75) is 19.1 Å². The molecule has 29 heavy (non-hydrogen) atoms. The van der Waals surface area contributed by atoms with Gasteiger partial charge in [0.15, 0.2) is 0 Å². The number of alkyl halides is 3. The number of halogens is 4. The molecule has 7 heteroatoms. The Bertz CT molecular complexity index is 986. The Morgan fingerprint density at radius 1 is 0.897 bits per heavy atom. The second-order valence-electron chi connectivity index (χ2n) is 7.28. The van der Waals surface area contributed by atoms with Crippen LogP contribution < -0.4 is 4.90 Å². The molecule has 0 aliphatic carbocycles. The summed E-state index contributed by atoms with van der Waals surface area (Å²) in [7, 11) is 0. The molecular formula is C22H21F4N3. The highest BCUT2D eigenvalue weighted by molar-refractivity contribution is 5.92. The number of benzene rings is 2. The molecule has 0 bridgehead atoms. The van der Waals surface area contributed by atoms with Crippen molar-refractivity contribution in [2.75, 3.05) is 31.1 Å². The van der Waals surface area contributed by atoms with Gasteiger partial charge >= 0.3 is 6.18 Å². The second-order valence-corrected chi connectivity index (χ2v) is 7.28. The van der Waals surface area contributed by atoms with Crippen molar-refractivity contribution < 1.29 is 17.6 Å². The fourth-order valence-electron chi connectivity index (χ4n) is 3.78. The van der Waals surface area contributed by atoms with Crippen LogP contribution in [0.4, 0.5) is 23.2 Å². The Hall–Kier alpha value is -2.67. The predicted molar refractivity (Wildman–Crippen MR) is 105 cm³/mol. The average Bonchev–Trinajstić information content (AvgIpc) is 2.94. The van der Waals surface area contributed by atoms with E-state index in [-0.39, 0.29) is 5.82 Å². The van der Waals surface area contributed by atoms with Gasteiger partial charge in [-0.05, 0) is 36.2 Å². The number of para-hydroxylation sites is 1. The van der Waals surface area contributed by atoms with Gasteiger partial charge in [0.05, 0.1) is 5.52 Å². The van der Waals surface area contributed by atoms with E-state index in [0.29, 0.717) is 30.8 Å². The van der Waals surface area contributed by atoms with Crippen LogP contribution in [0.2, 0.25) is 0 Å². The Morgan fingerprint density at radius 2 is 1.66 bits per heavy atom. The highest BCUT2D eigenvalue weighted by Gasteiger charge is 2.34. The van der Waals surface area contributed by atoms with Gasteiger partial charge in [-0.25, -0.2) is 9.37 Å². The van der Waals surface area contributed by atoms with Gasteiger partial charge < -0.3 is 4.90 Å². The number of hydrogen-bond donors (Lipinski definition) is 0. The molecule has 2 aromatic carbocycles. The van der Waals surface area contributed by atoms with E-state index in [0.717, 1.165) is 36.5 Å². The highest BCUT2D eigenvalue weighted by Crippen LogP contribution is 2.35. The Kier molecular flexibility index (Phi) is 5.41. The summed E-state index contributed by atoms with van der Waals surface area (Å²) in [6, 6.07) is 14.5. The van der Waals surface area contributed by atoms with Crippen molar-refractivity contribution in [3.05, 3.63) is 71.7 Å². The van der Waals surface area contributed by atoms with Crippen LogP contribution in [0.15, 0.2) is 54.6 Å². The quantitative estimate of drug-likeness (QED) is 0.567. The highest BCUT2D eigenvalue weighted by atomic mass is 19.4. The van der Waals surface area contributed by atoms with E-state index in [1.807, 2.05) is 17.0 Å². The number of nitrogens with zero attached hydrogens (tertiary/aromatic N) is 3. The molecule has 0 amide bonds. The lowest BCUT2D eigenvalue weighted by Crippen LogP contribution is -2.31. The normalized spacial score (nSPS) is 16.2. The molecule has 1 fully saturated rings. The number of hydrogen-bond acceptors (Lipinski definition) is 3. The number of rotatable bonds is 3. The minimum absolute atomic E-state index is 0.263. The largest absolute Gasteiger partial charge is 0.433 e. The van der Waals surface area contributed by atoms with Crippen molar-refractivity contribution in [3.63, 3.8) is 0 Å². The van der Waals surface area contributed by atoms with E-state index in [9.17, 15) is 17.6 Å². The monoisotopic (exact) mass is 403 g/mol. The average molecular weight is 403 g/mol. The van der Waals surface area contributed by atoms with Gasteiger partial charge in [0.25, 0.3) is 0 Å². The molecule has 1 aliphatic rings. The second kappa shape index (κ2) is 7.99. The first-order valence-corrected chi connectivity index (χ1v) is 9.59. The van der Waals surface area contributed by atoms with E-state index in [1.165, 1.54) is 12.1 Å². The third-order valence-corrected chi connectivity index (χ3v) is 5.23. The molecule has 3 aromatic rings. The summed E-state index contributed by atoms with van der Waals surface area (Å²) in [5.41, 5.74) is 1.09. The van der Waals surface area contributed by atoms with Gasteiger partial charge in [-0.3, -0.25) is 4.90 Å². The molecule has 3 nitrogen and oxygen atoms in total. The van der Waals surface area contributed by atoms with Crippen LogP contribution in [0, 0.1) is 5.82 Å². The van der Waals surface area contributed by atoms with Crippen molar-refractivity contribution in [3.8, 4) is 0 Å². The fraction of sp³-hybridized carbons (Fsp3) is 0.318. The van der Waals surface area contributed by atoms with Crippen molar-refractivity contribution in [1.82, 2.24) is 9.88 Å². The first-order valence-electron chi connectivity index (χ1n) is 9.59. The third kappa shape index (κ3) is 4.50. The Balaban J connectivity index is 1.57. The van der Waals surface area contributed by atoms with E-state index < -0.39 is 11.9 Å². The standard InChI is InChI=1S/C22H21F4N3/c23-17-8-6-16(7-9-17)15-28-10-3-11-29(13-12-28)20-14-21(22(24,25)26)27-19-5-2-1-4-18(19)20/h1-2,4-9,14H,3,10-13,15H2. The molecule has 1 aliphatic heterocycles. The first kappa shape index (κ1) is 19.6. The van der Waals surface area contributed by atoms with E-state index in [4.69, 9.17) is 0 Å². The molecule has 0 N–H and O–H groups in total. The summed E-state index contributed by atoms with van der Waals surface area (Å²) >= 11 is 0. The zero-order valence-electron chi connectivity index (χ0n) is 15.8. The van der Waals surface area contributed by atoms with Gasteiger partial charge in [0, 0.05) is 43.8 Å². The van der Waals surface area contributed by atoms with Gasteiger partial charge in [-0.15, -0.1) is 0 Å². The molecule has 0 atom stereocenters. The zero-order valence-corrected chi connectivity index (χ0v) is 15.8. The molecule has 0 unspecified atom stereocenters. The predicted octanol–water partition coefficient (Wildman–Crippen LogP) is 5.11. The minimum atomic E-state index is -4.49. The van der Waals surface area contributed by atoms with Crippen molar-refractivity contribution in [1.29, 1.82) is 0 Å². The maximum absolute atomic E-state index is 13.4. The summed E-state index contributed by atoms with van der Waals surface area (Å²) in [6.45, 7) is 3.54. The zero-order chi connectivity index (χ0) is 20.4. The summed E-state index contributed by atoms with van der Waals surface area (Å²) in [6.07, 6.45) is -3.65. The molecule has 0 saturated carbocycles. The molecule has 1 saturated heterocycles. The van der Waals surface area contributed by atoms with Crippen LogP contribution in [0.1, 0.15) is 17.7 Å². The number of fused-ring (bicyclic) bond motifs is 1. The van der Waals surface area contributed by atoms with E-state index in [2.05, 4.69) is 9.88 Å². The lowest BCUT2D eigenvalue weighted by atomic mass is 10.1. The van der Waals surface area contributed by atoms with Crippen LogP contribution in [-0.2, 0) is 12.7 Å². The summed E-state index contributed by atoms with van der Waals surface area (Å²) in [5.74, 6) is -0.263. The topological polar surface area (TPSA) is 19.4 Å². The first-order chi connectivity index (χ1) is 13.9. The van der Waals surface area contributed by atoms with Gasteiger partial charge in [-0.2, -0.15) is 13.2 Å². The Morgan fingerprint density at radius 3 is 2.41 bits per heavy atom. The summed E-state index contributed by atoms with van der Waals surface area (Å²) < 4.78 is 53.2. The smallest absolute Gasteiger partial charge is 0.370 e. The van der Waals surface area contributed by atoms with Crippen LogP contribution in [0.5, 0.6) is 0 Å². The molecule has 1 aromatic heterocycles. The fourth-order valence-corrected chi connectivity index (χ4v) is 3.78. The van der Waals surface area contributed by atoms with Gasteiger partial charge in [0.2, 0.25) is 0 Å². The van der Waals surface area contributed by atoms with Gasteiger partial charge in [0.1, 0.15) is 11.5 Å². The minimum Gasteiger partial charge on any atom is -0.370 e. The molecule has 4 rings (SSSR count). The molecule has 2 heterocycles. The van der Waals surface area contributed by atoms with Crippen LogP contribution in [0.3, 0.4) is 0 Å².